The molecule has 1 aliphatic rings. The zero-order chi connectivity index (χ0) is 17.9. The first kappa shape index (κ1) is 17.6. The van der Waals surface area contributed by atoms with Gasteiger partial charge in [-0.05, 0) is 25.2 Å². The van der Waals surface area contributed by atoms with E-state index < -0.39 is 17.7 Å². The van der Waals surface area contributed by atoms with Crippen LogP contribution < -0.4 is 0 Å². The number of carbonyl (C=O) groups is 1. The van der Waals surface area contributed by atoms with Gasteiger partial charge in [-0.2, -0.15) is 0 Å². The Morgan fingerprint density at radius 2 is 1.56 bits per heavy atom. The van der Waals surface area contributed by atoms with Crippen LogP contribution in [-0.2, 0) is 19.9 Å². The number of hydrogen-bond acceptors (Lipinski definition) is 5. The second-order valence-electron chi connectivity index (χ2n) is 6.45. The quantitative estimate of drug-likeness (QED) is 0.841. The van der Waals surface area contributed by atoms with Crippen molar-refractivity contribution in [1.29, 1.82) is 0 Å². The van der Waals surface area contributed by atoms with Crippen molar-refractivity contribution in [3.63, 3.8) is 0 Å². The number of benzene rings is 2. The maximum absolute atomic E-state index is 13.0. The minimum absolute atomic E-state index is 0.0280. The van der Waals surface area contributed by atoms with Gasteiger partial charge in [-0.25, -0.2) is 4.79 Å². The number of rotatable bonds is 5. The summed E-state index contributed by atoms with van der Waals surface area (Å²) in [5.74, 6) is -0.688. The smallest absolute Gasteiger partial charge is 0.348 e. The van der Waals surface area contributed by atoms with Crippen LogP contribution in [0.5, 0.6) is 0 Å². The summed E-state index contributed by atoms with van der Waals surface area (Å²) in [5.41, 5.74) is -0.903. The molecule has 0 amide bonds. The molecule has 1 saturated heterocycles. The molecule has 0 aromatic heterocycles. The van der Waals surface area contributed by atoms with Gasteiger partial charge in [0.05, 0.1) is 19.3 Å². The topological polar surface area (TPSA) is 59.0 Å². The Morgan fingerprint density at radius 1 is 1.04 bits per heavy atom. The lowest BCUT2D eigenvalue weighted by atomic mass is 9.86. The summed E-state index contributed by atoms with van der Waals surface area (Å²) in [7, 11) is 3.83. The Balaban J connectivity index is 1.94. The second-order valence-corrected chi connectivity index (χ2v) is 6.45. The van der Waals surface area contributed by atoms with E-state index in [1.54, 1.807) is 48.5 Å². The molecule has 1 heterocycles. The fourth-order valence-electron chi connectivity index (χ4n) is 3.10. The van der Waals surface area contributed by atoms with Crippen LogP contribution in [0.25, 0.3) is 0 Å². The third-order valence-electron chi connectivity index (χ3n) is 4.60. The van der Waals surface area contributed by atoms with E-state index in [9.17, 15) is 9.90 Å². The van der Waals surface area contributed by atoms with Gasteiger partial charge in [0.1, 0.15) is 6.10 Å². The molecule has 2 aromatic rings. The van der Waals surface area contributed by atoms with E-state index >= 15 is 0 Å². The molecule has 2 aromatic carbocycles. The molecule has 2 atom stereocenters. The van der Waals surface area contributed by atoms with Crippen LogP contribution in [0.3, 0.4) is 0 Å². The number of esters is 1. The molecule has 0 saturated carbocycles. The molecule has 1 fully saturated rings. The van der Waals surface area contributed by atoms with Crippen molar-refractivity contribution in [2.24, 2.45) is 0 Å². The lowest BCUT2D eigenvalue weighted by Gasteiger charge is -2.31. The maximum Gasteiger partial charge on any atom is 0.348 e. The fourth-order valence-corrected chi connectivity index (χ4v) is 3.10. The molecule has 25 heavy (non-hydrogen) atoms. The molecule has 0 spiro atoms. The van der Waals surface area contributed by atoms with Crippen molar-refractivity contribution < 1.29 is 19.4 Å². The molecule has 0 bridgehead atoms. The first-order valence-electron chi connectivity index (χ1n) is 8.32. The van der Waals surface area contributed by atoms with E-state index in [1.807, 2.05) is 31.1 Å². The van der Waals surface area contributed by atoms with Gasteiger partial charge in [0.2, 0.25) is 5.60 Å². The van der Waals surface area contributed by atoms with Gasteiger partial charge >= 0.3 is 5.97 Å². The number of hydrogen-bond donors (Lipinski definition) is 1. The van der Waals surface area contributed by atoms with Gasteiger partial charge in [-0.3, -0.25) is 0 Å². The largest absolute Gasteiger partial charge is 0.455 e. The Morgan fingerprint density at radius 3 is 2.04 bits per heavy atom. The van der Waals surface area contributed by atoms with Crippen LogP contribution >= 0.6 is 0 Å². The minimum Gasteiger partial charge on any atom is -0.455 e. The van der Waals surface area contributed by atoms with Crippen LogP contribution in [0.4, 0.5) is 0 Å². The van der Waals surface area contributed by atoms with E-state index in [-0.39, 0.29) is 6.04 Å². The van der Waals surface area contributed by atoms with E-state index in [1.165, 1.54) is 0 Å². The highest BCUT2D eigenvalue weighted by molar-refractivity contribution is 5.85. The molecule has 0 radical (unpaired) electrons. The Hall–Kier alpha value is -2.21. The van der Waals surface area contributed by atoms with Crippen LogP contribution in [-0.4, -0.2) is 55.4 Å². The Bertz CT molecular complexity index is 663. The molecule has 132 valence electrons. The molecular weight excluding hydrogens is 318 g/mol. The summed E-state index contributed by atoms with van der Waals surface area (Å²) >= 11 is 0. The van der Waals surface area contributed by atoms with Crippen LogP contribution in [0.2, 0.25) is 0 Å². The number of nitrogens with zero attached hydrogens (tertiary/aromatic N) is 1. The number of carbonyl (C=O) groups excluding carboxylic acids is 1. The lowest BCUT2D eigenvalue weighted by molar-refractivity contribution is -0.169. The Kier molecular flexibility index (Phi) is 5.18. The van der Waals surface area contributed by atoms with E-state index in [2.05, 4.69) is 0 Å². The molecule has 1 N–H and O–H groups in total. The van der Waals surface area contributed by atoms with Crippen molar-refractivity contribution >= 4 is 5.97 Å². The van der Waals surface area contributed by atoms with Gasteiger partial charge in [-0.1, -0.05) is 60.7 Å². The predicted octanol–water partition coefficient (Wildman–Crippen LogP) is 1.79. The Labute approximate surface area is 147 Å². The summed E-state index contributed by atoms with van der Waals surface area (Å²) in [6.45, 7) is 0.828. The summed E-state index contributed by atoms with van der Waals surface area (Å²) in [4.78, 5) is 15.0. The highest BCUT2D eigenvalue weighted by Crippen LogP contribution is 2.32. The first-order chi connectivity index (χ1) is 12.0. The van der Waals surface area contributed by atoms with Crippen molar-refractivity contribution in [3.8, 4) is 0 Å². The summed E-state index contributed by atoms with van der Waals surface area (Å²) in [5, 5.41) is 11.4. The molecule has 5 heteroatoms. The second kappa shape index (κ2) is 7.35. The first-order valence-corrected chi connectivity index (χ1v) is 8.32. The SMILES string of the molecule is CN(C)[C@H]1COC[C@H]1OC(=O)C(O)(c1ccccc1)c1ccccc1. The zero-order valence-electron chi connectivity index (χ0n) is 14.5. The van der Waals surface area contributed by atoms with Gasteiger partial charge in [0.15, 0.2) is 0 Å². The minimum atomic E-state index is -1.86. The molecule has 1 aliphatic heterocycles. The zero-order valence-corrected chi connectivity index (χ0v) is 14.5. The van der Waals surface area contributed by atoms with Gasteiger partial charge in [0.25, 0.3) is 0 Å². The van der Waals surface area contributed by atoms with Crippen molar-refractivity contribution in [1.82, 2.24) is 4.90 Å². The predicted molar refractivity (Wildman–Crippen MR) is 94.1 cm³/mol. The van der Waals surface area contributed by atoms with Gasteiger partial charge in [-0.15, -0.1) is 0 Å². The average molecular weight is 341 g/mol. The number of ether oxygens (including phenoxy) is 2. The molecule has 0 aliphatic carbocycles. The number of likely N-dealkylation sites (N-methyl/N-ethyl adjacent to an activating group) is 1. The summed E-state index contributed by atoms with van der Waals surface area (Å²) in [6.07, 6.45) is -0.415. The van der Waals surface area contributed by atoms with E-state index in [4.69, 9.17) is 9.47 Å². The van der Waals surface area contributed by atoms with E-state index in [0.29, 0.717) is 24.3 Å². The van der Waals surface area contributed by atoms with Crippen LogP contribution in [0, 0.1) is 0 Å². The highest BCUT2D eigenvalue weighted by Gasteiger charge is 2.44. The monoisotopic (exact) mass is 341 g/mol. The maximum atomic E-state index is 13.0. The van der Waals surface area contributed by atoms with Crippen molar-refractivity contribution in [3.05, 3.63) is 71.8 Å². The normalized spacial score (nSPS) is 20.6. The summed E-state index contributed by atoms with van der Waals surface area (Å²) < 4.78 is 11.2. The molecular formula is C20H23NO4. The van der Waals surface area contributed by atoms with Gasteiger partial charge < -0.3 is 19.5 Å². The summed E-state index contributed by atoms with van der Waals surface area (Å²) in [6, 6.07) is 17.7. The van der Waals surface area contributed by atoms with E-state index in [0.717, 1.165) is 0 Å². The number of aliphatic hydroxyl groups is 1. The van der Waals surface area contributed by atoms with Crippen molar-refractivity contribution in [2.75, 3.05) is 27.3 Å². The standard InChI is InChI=1S/C20H23NO4/c1-21(2)17-13-24-14-18(17)25-19(22)20(23,15-9-5-3-6-10-15)16-11-7-4-8-12-16/h3-12,17-18,23H,13-14H2,1-2H3/t17-,18+/m0/s1. The van der Waals surface area contributed by atoms with Crippen molar-refractivity contribution in [2.45, 2.75) is 17.7 Å². The molecule has 5 nitrogen and oxygen atoms in total. The average Bonchev–Trinajstić information content (AvgIpc) is 3.11. The molecule has 3 rings (SSSR count). The third kappa shape index (κ3) is 3.44. The lowest BCUT2D eigenvalue weighted by Crippen LogP contribution is -2.46. The third-order valence-corrected chi connectivity index (χ3v) is 4.60. The highest BCUT2D eigenvalue weighted by atomic mass is 16.6. The molecule has 0 unspecified atom stereocenters. The van der Waals surface area contributed by atoms with Crippen LogP contribution in [0.15, 0.2) is 60.7 Å². The van der Waals surface area contributed by atoms with Gasteiger partial charge in [0, 0.05) is 0 Å². The van der Waals surface area contributed by atoms with Crippen LogP contribution in [0.1, 0.15) is 11.1 Å². The fraction of sp³-hybridized carbons (Fsp3) is 0.350.